The molecule has 1 aromatic carbocycles. The summed E-state index contributed by atoms with van der Waals surface area (Å²) in [6.07, 6.45) is -0.210. The number of ketones is 1. The van der Waals surface area contributed by atoms with Crippen molar-refractivity contribution in [1.82, 2.24) is 0 Å². The molecule has 0 aromatic heterocycles. The lowest BCUT2D eigenvalue weighted by Gasteiger charge is -2.04. The van der Waals surface area contributed by atoms with Gasteiger partial charge in [-0.15, -0.1) is 0 Å². The zero-order valence-electron chi connectivity index (χ0n) is 8.54. The van der Waals surface area contributed by atoms with Crippen LogP contribution in [0.4, 0.5) is 8.78 Å². The third-order valence-corrected chi connectivity index (χ3v) is 3.68. The lowest BCUT2D eigenvalue weighted by molar-refractivity contribution is -0.116. The van der Waals surface area contributed by atoms with Crippen LogP contribution in [-0.4, -0.2) is 20.0 Å². The van der Waals surface area contributed by atoms with Crippen LogP contribution < -0.4 is 0 Å². The van der Waals surface area contributed by atoms with E-state index in [0.717, 1.165) is 12.1 Å². The van der Waals surface area contributed by atoms with Gasteiger partial charge in [-0.1, -0.05) is 0 Å². The van der Waals surface area contributed by atoms with Crippen LogP contribution in [0.5, 0.6) is 0 Å². The summed E-state index contributed by atoms with van der Waals surface area (Å²) >= 11 is 0. The number of hydrogen-bond acceptors (Lipinski definition) is 3. The van der Waals surface area contributed by atoms with E-state index in [1.54, 1.807) is 0 Å². The van der Waals surface area contributed by atoms with E-state index in [0.29, 0.717) is 6.07 Å². The third kappa shape index (κ3) is 3.10. The Morgan fingerprint density at radius 3 is 2.50 bits per heavy atom. The molecule has 0 aliphatic heterocycles. The first kappa shape index (κ1) is 12.8. The van der Waals surface area contributed by atoms with Gasteiger partial charge in [0.25, 0.3) is 0 Å². The Labute approximate surface area is 92.0 Å². The lowest BCUT2D eigenvalue weighted by Crippen LogP contribution is -2.11. The van der Waals surface area contributed by atoms with Crippen LogP contribution in [0.1, 0.15) is 13.3 Å². The molecule has 0 N–H and O–H groups in total. The minimum atomic E-state index is -3.94. The van der Waals surface area contributed by atoms with Crippen molar-refractivity contribution in [3.63, 3.8) is 0 Å². The van der Waals surface area contributed by atoms with Crippen molar-refractivity contribution in [2.45, 2.75) is 18.2 Å². The van der Waals surface area contributed by atoms with Crippen LogP contribution in [0.15, 0.2) is 23.1 Å². The van der Waals surface area contributed by atoms with E-state index in [4.69, 9.17) is 0 Å². The van der Waals surface area contributed by atoms with Crippen LogP contribution in [-0.2, 0) is 14.6 Å². The molecule has 1 rings (SSSR count). The Morgan fingerprint density at radius 2 is 1.94 bits per heavy atom. The summed E-state index contributed by atoms with van der Waals surface area (Å²) < 4.78 is 49.0. The van der Waals surface area contributed by atoms with E-state index in [1.165, 1.54) is 6.92 Å². The molecule has 88 valence electrons. The van der Waals surface area contributed by atoms with E-state index in [2.05, 4.69) is 0 Å². The van der Waals surface area contributed by atoms with Gasteiger partial charge in [0.15, 0.2) is 9.84 Å². The average Bonchev–Trinajstić information content (AvgIpc) is 2.19. The Morgan fingerprint density at radius 1 is 1.31 bits per heavy atom. The van der Waals surface area contributed by atoms with E-state index >= 15 is 0 Å². The van der Waals surface area contributed by atoms with Gasteiger partial charge in [-0.25, -0.2) is 17.2 Å². The predicted molar refractivity (Wildman–Crippen MR) is 53.7 cm³/mol. The zero-order chi connectivity index (χ0) is 12.3. The van der Waals surface area contributed by atoms with Crippen LogP contribution in [0.2, 0.25) is 0 Å². The first-order valence-corrected chi connectivity index (χ1v) is 6.15. The number of carbonyl (C=O) groups is 1. The molecule has 0 radical (unpaired) electrons. The summed E-state index contributed by atoms with van der Waals surface area (Å²) in [5.41, 5.74) is 0. The molecule has 6 heteroatoms. The summed E-state index contributed by atoms with van der Waals surface area (Å²) in [7, 11) is -3.94. The first-order valence-electron chi connectivity index (χ1n) is 4.50. The summed E-state index contributed by atoms with van der Waals surface area (Å²) in [6, 6.07) is 2.19. The van der Waals surface area contributed by atoms with E-state index in [1.807, 2.05) is 0 Å². The number of hydrogen-bond donors (Lipinski definition) is 0. The lowest BCUT2D eigenvalue weighted by atomic mass is 10.3. The molecule has 0 aliphatic carbocycles. The maximum absolute atomic E-state index is 13.2. The van der Waals surface area contributed by atoms with Crippen LogP contribution >= 0.6 is 0 Å². The Bertz CT molecular complexity index is 509. The number of carbonyl (C=O) groups excluding carboxylic acids is 1. The second-order valence-electron chi connectivity index (χ2n) is 3.35. The Balaban J connectivity index is 3.07. The summed E-state index contributed by atoms with van der Waals surface area (Å²) in [5, 5.41) is 0. The SMILES string of the molecule is CC(=O)CCS(=O)(=O)c1cc(F)ccc1F. The highest BCUT2D eigenvalue weighted by atomic mass is 32.2. The van der Waals surface area contributed by atoms with Crippen molar-refractivity contribution in [1.29, 1.82) is 0 Å². The van der Waals surface area contributed by atoms with Gasteiger partial charge in [0, 0.05) is 6.42 Å². The standard InChI is InChI=1S/C10H10F2O3S/c1-7(13)4-5-16(14,15)10-6-8(11)2-3-9(10)12/h2-3,6H,4-5H2,1H3. The highest BCUT2D eigenvalue weighted by molar-refractivity contribution is 7.91. The van der Waals surface area contributed by atoms with Crippen LogP contribution in [0.25, 0.3) is 0 Å². The topological polar surface area (TPSA) is 51.2 Å². The molecule has 0 unspecified atom stereocenters. The summed E-state index contributed by atoms with van der Waals surface area (Å²) in [6.45, 7) is 1.23. The van der Waals surface area contributed by atoms with Gasteiger partial charge in [-0.05, 0) is 25.1 Å². The molecule has 0 fully saturated rings. The van der Waals surface area contributed by atoms with Gasteiger partial charge in [-0.3, -0.25) is 4.79 Å². The predicted octanol–water partition coefficient (Wildman–Crippen LogP) is 1.72. The van der Waals surface area contributed by atoms with Crippen molar-refractivity contribution in [2.24, 2.45) is 0 Å². The molecule has 0 aliphatic rings. The van der Waals surface area contributed by atoms with Gasteiger partial charge < -0.3 is 0 Å². The minimum Gasteiger partial charge on any atom is -0.300 e. The molecular formula is C10H10F2O3S. The molecule has 0 saturated carbocycles. The summed E-state index contributed by atoms with van der Waals surface area (Å²) in [5.74, 6) is -2.67. The molecule has 16 heavy (non-hydrogen) atoms. The summed E-state index contributed by atoms with van der Waals surface area (Å²) in [4.78, 5) is 9.94. The van der Waals surface area contributed by atoms with E-state index < -0.39 is 32.1 Å². The van der Waals surface area contributed by atoms with Crippen molar-refractivity contribution < 1.29 is 22.0 Å². The van der Waals surface area contributed by atoms with Crippen molar-refractivity contribution in [3.8, 4) is 0 Å². The number of sulfone groups is 1. The molecule has 1 aromatic rings. The fourth-order valence-corrected chi connectivity index (χ4v) is 2.54. The maximum atomic E-state index is 13.2. The number of Topliss-reactive ketones (excluding diaryl/α,β-unsaturated/α-hetero) is 1. The average molecular weight is 248 g/mol. The van der Waals surface area contributed by atoms with Crippen molar-refractivity contribution in [2.75, 3.05) is 5.75 Å². The molecule has 0 spiro atoms. The van der Waals surface area contributed by atoms with Gasteiger partial charge >= 0.3 is 0 Å². The number of rotatable bonds is 4. The van der Waals surface area contributed by atoms with E-state index in [-0.39, 0.29) is 12.2 Å². The molecule has 3 nitrogen and oxygen atoms in total. The highest BCUT2D eigenvalue weighted by Gasteiger charge is 2.20. The largest absolute Gasteiger partial charge is 0.300 e. The van der Waals surface area contributed by atoms with Crippen molar-refractivity contribution >= 4 is 15.6 Å². The van der Waals surface area contributed by atoms with Crippen molar-refractivity contribution in [3.05, 3.63) is 29.8 Å². The van der Waals surface area contributed by atoms with Crippen LogP contribution in [0.3, 0.4) is 0 Å². The highest BCUT2D eigenvalue weighted by Crippen LogP contribution is 2.17. The monoisotopic (exact) mass is 248 g/mol. The van der Waals surface area contributed by atoms with Gasteiger partial charge in [0.1, 0.15) is 22.3 Å². The molecular weight excluding hydrogens is 238 g/mol. The fraction of sp³-hybridized carbons (Fsp3) is 0.300. The molecule has 0 atom stereocenters. The number of benzene rings is 1. The Kier molecular flexibility index (Phi) is 3.74. The molecule has 0 saturated heterocycles. The van der Waals surface area contributed by atoms with Gasteiger partial charge in [-0.2, -0.15) is 0 Å². The van der Waals surface area contributed by atoms with E-state index in [9.17, 15) is 22.0 Å². The normalized spacial score (nSPS) is 11.4. The maximum Gasteiger partial charge on any atom is 0.181 e. The zero-order valence-corrected chi connectivity index (χ0v) is 9.35. The smallest absolute Gasteiger partial charge is 0.181 e. The molecule has 0 heterocycles. The minimum absolute atomic E-state index is 0.210. The second kappa shape index (κ2) is 4.69. The number of halogens is 2. The third-order valence-electron chi connectivity index (χ3n) is 1.95. The second-order valence-corrected chi connectivity index (χ2v) is 5.42. The first-order chi connectivity index (χ1) is 7.33. The van der Waals surface area contributed by atoms with Crippen LogP contribution in [0, 0.1) is 11.6 Å². The molecule has 0 amide bonds. The molecule has 0 bridgehead atoms. The van der Waals surface area contributed by atoms with Gasteiger partial charge in [0.05, 0.1) is 5.75 Å². The quantitative estimate of drug-likeness (QED) is 0.815. The Hall–Kier alpha value is -1.30. The van der Waals surface area contributed by atoms with Gasteiger partial charge in [0.2, 0.25) is 0 Å². The fourth-order valence-electron chi connectivity index (χ4n) is 1.10.